The maximum atomic E-state index is 5.32. The molecule has 19 heavy (non-hydrogen) atoms. The molecule has 1 heterocycles. The van der Waals surface area contributed by atoms with Crippen molar-refractivity contribution in [3.05, 3.63) is 51.7 Å². The highest BCUT2D eigenvalue weighted by Gasteiger charge is 2.18. The molecule has 0 saturated heterocycles. The van der Waals surface area contributed by atoms with Crippen LogP contribution in [0.2, 0.25) is 0 Å². The molecule has 0 saturated carbocycles. The summed E-state index contributed by atoms with van der Waals surface area (Å²) in [6.45, 7) is 0.980. The molecule has 1 unspecified atom stereocenters. The van der Waals surface area contributed by atoms with E-state index in [4.69, 9.17) is 4.74 Å². The van der Waals surface area contributed by atoms with E-state index in [1.807, 2.05) is 0 Å². The van der Waals surface area contributed by atoms with Crippen LogP contribution in [0.15, 0.2) is 35.0 Å². The second-order valence-electron chi connectivity index (χ2n) is 5.09. The fraction of sp³-hybridized carbons (Fsp3) is 0.375. The van der Waals surface area contributed by atoms with Gasteiger partial charge in [-0.1, -0.05) is 6.07 Å². The molecule has 100 valence electrons. The maximum Gasteiger partial charge on any atom is 0.119 e. The van der Waals surface area contributed by atoms with Gasteiger partial charge in [0.25, 0.3) is 0 Å². The summed E-state index contributed by atoms with van der Waals surface area (Å²) in [5.74, 6) is 0.970. The van der Waals surface area contributed by atoms with Crippen LogP contribution in [0.1, 0.15) is 23.1 Å². The Bertz CT molecular complexity index is 536. The molecular formula is C16H19NOS. The van der Waals surface area contributed by atoms with Crippen molar-refractivity contribution in [2.24, 2.45) is 0 Å². The first-order valence-corrected chi connectivity index (χ1v) is 7.69. The Hall–Kier alpha value is -1.32. The molecule has 0 spiro atoms. The van der Waals surface area contributed by atoms with Gasteiger partial charge in [0.2, 0.25) is 0 Å². The first-order chi connectivity index (χ1) is 9.35. The van der Waals surface area contributed by atoms with Gasteiger partial charge in [-0.3, -0.25) is 0 Å². The molecule has 0 aliphatic heterocycles. The fourth-order valence-electron chi connectivity index (χ4n) is 2.69. The predicted octanol–water partition coefficient (Wildman–Crippen LogP) is 3.40. The van der Waals surface area contributed by atoms with E-state index in [0.717, 1.165) is 18.7 Å². The maximum absolute atomic E-state index is 5.32. The lowest BCUT2D eigenvalue weighted by Crippen LogP contribution is -2.34. The van der Waals surface area contributed by atoms with Crippen LogP contribution in [0.5, 0.6) is 5.75 Å². The molecule has 1 N–H and O–H groups in total. The van der Waals surface area contributed by atoms with E-state index in [1.165, 1.54) is 29.5 Å². The van der Waals surface area contributed by atoms with Gasteiger partial charge in [-0.05, 0) is 64.9 Å². The zero-order valence-corrected chi connectivity index (χ0v) is 12.0. The number of aryl methyl sites for hydroxylation is 1. The number of ether oxygens (including phenoxy) is 1. The number of methoxy groups -OCH3 is 1. The first kappa shape index (κ1) is 12.7. The number of thiophene rings is 1. The third-order valence-electron chi connectivity index (χ3n) is 3.82. The monoisotopic (exact) mass is 273 g/mol. The summed E-state index contributed by atoms with van der Waals surface area (Å²) in [5, 5.41) is 8.02. The van der Waals surface area contributed by atoms with E-state index < -0.39 is 0 Å². The molecule has 1 aliphatic carbocycles. The molecule has 0 amide bonds. The standard InChI is InChI=1S/C16H19NOS/c1-18-16-5-3-13-2-4-15(8-14(13)9-16)17-10-12-6-7-19-11-12/h3,5-7,9,11,15,17H,2,4,8,10H2,1H3. The molecule has 2 aromatic rings. The van der Waals surface area contributed by atoms with Gasteiger partial charge in [0.15, 0.2) is 0 Å². The van der Waals surface area contributed by atoms with Gasteiger partial charge < -0.3 is 10.1 Å². The van der Waals surface area contributed by atoms with Gasteiger partial charge in [0.1, 0.15) is 5.75 Å². The lowest BCUT2D eigenvalue weighted by molar-refractivity contribution is 0.411. The Balaban J connectivity index is 1.64. The zero-order chi connectivity index (χ0) is 13.1. The largest absolute Gasteiger partial charge is 0.497 e. The number of hydrogen-bond donors (Lipinski definition) is 1. The van der Waals surface area contributed by atoms with Gasteiger partial charge in [-0.2, -0.15) is 11.3 Å². The third-order valence-corrected chi connectivity index (χ3v) is 4.55. The van der Waals surface area contributed by atoms with E-state index in [2.05, 4.69) is 40.3 Å². The average Bonchev–Trinajstić information content (AvgIpc) is 2.97. The van der Waals surface area contributed by atoms with Gasteiger partial charge >= 0.3 is 0 Å². The van der Waals surface area contributed by atoms with Crippen LogP contribution in [-0.2, 0) is 19.4 Å². The highest BCUT2D eigenvalue weighted by atomic mass is 32.1. The van der Waals surface area contributed by atoms with Crippen LogP contribution in [-0.4, -0.2) is 13.2 Å². The number of hydrogen-bond acceptors (Lipinski definition) is 3. The van der Waals surface area contributed by atoms with Crippen molar-refractivity contribution in [2.45, 2.75) is 31.8 Å². The SMILES string of the molecule is COc1ccc2c(c1)CC(NCc1ccsc1)CC2. The van der Waals surface area contributed by atoms with Gasteiger partial charge in [0.05, 0.1) is 7.11 Å². The first-order valence-electron chi connectivity index (χ1n) is 6.75. The molecule has 0 radical (unpaired) electrons. The molecule has 2 nitrogen and oxygen atoms in total. The second kappa shape index (κ2) is 5.76. The molecule has 0 fully saturated rings. The molecule has 1 atom stereocenters. The molecule has 3 rings (SSSR count). The Kier molecular flexibility index (Phi) is 3.85. The van der Waals surface area contributed by atoms with Crippen LogP contribution >= 0.6 is 11.3 Å². The second-order valence-corrected chi connectivity index (χ2v) is 5.87. The smallest absolute Gasteiger partial charge is 0.119 e. The van der Waals surface area contributed by atoms with Crippen LogP contribution < -0.4 is 10.1 Å². The minimum Gasteiger partial charge on any atom is -0.497 e. The summed E-state index contributed by atoms with van der Waals surface area (Å²) < 4.78 is 5.32. The normalized spacial score (nSPS) is 18.1. The molecule has 1 aromatic carbocycles. The third kappa shape index (κ3) is 2.99. The zero-order valence-electron chi connectivity index (χ0n) is 11.2. The minimum absolute atomic E-state index is 0.583. The number of fused-ring (bicyclic) bond motifs is 1. The summed E-state index contributed by atoms with van der Waals surface area (Å²) in [4.78, 5) is 0. The highest BCUT2D eigenvalue weighted by molar-refractivity contribution is 7.07. The number of benzene rings is 1. The lowest BCUT2D eigenvalue weighted by Gasteiger charge is -2.26. The van der Waals surface area contributed by atoms with Gasteiger partial charge in [0, 0.05) is 12.6 Å². The van der Waals surface area contributed by atoms with E-state index in [-0.39, 0.29) is 0 Å². The minimum atomic E-state index is 0.583. The van der Waals surface area contributed by atoms with Crippen LogP contribution in [0.4, 0.5) is 0 Å². The van der Waals surface area contributed by atoms with Crippen molar-refractivity contribution >= 4 is 11.3 Å². The summed E-state index contributed by atoms with van der Waals surface area (Å²) in [7, 11) is 1.73. The Labute approximate surface area is 118 Å². The van der Waals surface area contributed by atoms with E-state index in [9.17, 15) is 0 Å². The highest BCUT2D eigenvalue weighted by Crippen LogP contribution is 2.25. The average molecular weight is 273 g/mol. The molecule has 3 heteroatoms. The summed E-state index contributed by atoms with van der Waals surface area (Å²) >= 11 is 1.76. The quantitative estimate of drug-likeness (QED) is 0.922. The molecule has 1 aliphatic rings. The van der Waals surface area contributed by atoms with Crippen LogP contribution in [0, 0.1) is 0 Å². The van der Waals surface area contributed by atoms with Crippen molar-refractivity contribution in [1.82, 2.24) is 5.32 Å². The molecule has 1 aromatic heterocycles. The lowest BCUT2D eigenvalue weighted by atomic mass is 9.88. The predicted molar refractivity (Wildman–Crippen MR) is 80.0 cm³/mol. The number of nitrogens with one attached hydrogen (secondary N) is 1. The Morgan fingerprint density at radius 2 is 2.26 bits per heavy atom. The number of rotatable bonds is 4. The van der Waals surface area contributed by atoms with E-state index in [1.54, 1.807) is 18.4 Å². The van der Waals surface area contributed by atoms with Gasteiger partial charge in [-0.15, -0.1) is 0 Å². The summed E-state index contributed by atoms with van der Waals surface area (Å²) in [6, 6.07) is 9.24. The molecular weight excluding hydrogens is 254 g/mol. The van der Waals surface area contributed by atoms with Crippen molar-refractivity contribution in [1.29, 1.82) is 0 Å². The Morgan fingerprint density at radius 3 is 3.05 bits per heavy atom. The van der Waals surface area contributed by atoms with Crippen LogP contribution in [0.3, 0.4) is 0 Å². The van der Waals surface area contributed by atoms with Crippen molar-refractivity contribution < 1.29 is 4.74 Å². The van der Waals surface area contributed by atoms with E-state index in [0.29, 0.717) is 6.04 Å². The summed E-state index contributed by atoms with van der Waals surface area (Å²) in [5.41, 5.74) is 4.31. The van der Waals surface area contributed by atoms with Crippen LogP contribution in [0.25, 0.3) is 0 Å². The van der Waals surface area contributed by atoms with Crippen molar-refractivity contribution in [3.8, 4) is 5.75 Å². The molecule has 0 bridgehead atoms. The van der Waals surface area contributed by atoms with E-state index >= 15 is 0 Å². The fourth-order valence-corrected chi connectivity index (χ4v) is 3.36. The summed E-state index contributed by atoms with van der Waals surface area (Å²) in [6.07, 6.45) is 3.50. The van der Waals surface area contributed by atoms with Crippen molar-refractivity contribution in [2.75, 3.05) is 7.11 Å². The van der Waals surface area contributed by atoms with Gasteiger partial charge in [-0.25, -0.2) is 0 Å². The Morgan fingerprint density at radius 1 is 1.32 bits per heavy atom. The van der Waals surface area contributed by atoms with Crippen molar-refractivity contribution in [3.63, 3.8) is 0 Å². The topological polar surface area (TPSA) is 21.3 Å².